The van der Waals surface area contributed by atoms with Crippen LogP contribution in [0.5, 0.6) is 0 Å². The Labute approximate surface area is 233 Å². The normalized spacial score (nSPS) is 15.4. The summed E-state index contributed by atoms with van der Waals surface area (Å²) < 4.78 is 40.9. The minimum absolute atomic E-state index is 0.00189. The maximum atomic E-state index is 13.6. The molecule has 2 aliphatic carbocycles. The first-order chi connectivity index (χ1) is 18.7. The summed E-state index contributed by atoms with van der Waals surface area (Å²) in [5.74, 6) is 0.709. The number of aromatic nitrogens is 1. The molecule has 5 rings (SSSR count). The van der Waals surface area contributed by atoms with Gasteiger partial charge in [0.05, 0.1) is 6.57 Å². The predicted molar refractivity (Wildman–Crippen MR) is 153 cm³/mol. The highest BCUT2D eigenvalue weighted by Gasteiger charge is 2.31. The van der Waals surface area contributed by atoms with Gasteiger partial charge in [-0.3, -0.25) is 0 Å². The highest BCUT2D eigenvalue weighted by molar-refractivity contribution is 7.15. The fraction of sp³-hybridized carbons (Fsp3) is 0.484. The average Bonchev–Trinajstić information content (AvgIpc) is 3.68. The van der Waals surface area contributed by atoms with Gasteiger partial charge in [0.15, 0.2) is 10.8 Å². The highest BCUT2D eigenvalue weighted by Crippen LogP contribution is 2.37. The molecule has 1 heterocycles. The van der Waals surface area contributed by atoms with Crippen LogP contribution in [0.4, 0.5) is 29.7 Å². The molecule has 0 N–H and O–H groups in total. The number of hydrogen-bond donors (Lipinski definition) is 0. The van der Waals surface area contributed by atoms with Crippen LogP contribution in [0.2, 0.25) is 0 Å². The monoisotopic (exact) mass is 552 g/mol. The van der Waals surface area contributed by atoms with Crippen LogP contribution in [0.25, 0.3) is 4.85 Å². The predicted octanol–water partition coefficient (Wildman–Crippen LogP) is 8.73. The molecule has 8 heteroatoms. The lowest BCUT2D eigenvalue weighted by Crippen LogP contribution is -2.31. The zero-order valence-corrected chi connectivity index (χ0v) is 23.5. The number of rotatable bonds is 9. The third kappa shape index (κ3) is 6.41. The number of alkyl halides is 3. The molecule has 0 radical (unpaired) electrons. The summed E-state index contributed by atoms with van der Waals surface area (Å²) in [5, 5.41) is 0.777. The second-order valence-electron chi connectivity index (χ2n) is 10.9. The van der Waals surface area contributed by atoms with Gasteiger partial charge in [-0.05, 0) is 92.3 Å². The number of fused-ring (bicyclic) bond motifs is 1. The quantitative estimate of drug-likeness (QED) is 0.248. The van der Waals surface area contributed by atoms with E-state index in [1.807, 2.05) is 13.1 Å². The van der Waals surface area contributed by atoms with Gasteiger partial charge in [0.2, 0.25) is 0 Å². The summed E-state index contributed by atoms with van der Waals surface area (Å²) in [5.41, 5.74) is 4.93. The van der Waals surface area contributed by atoms with Crippen LogP contribution >= 0.6 is 11.3 Å². The molecule has 2 aromatic carbocycles. The summed E-state index contributed by atoms with van der Waals surface area (Å²) in [4.78, 5) is 13.6. The van der Waals surface area contributed by atoms with Gasteiger partial charge in [0, 0.05) is 48.5 Å². The molecule has 0 atom stereocenters. The second kappa shape index (κ2) is 11.6. The fourth-order valence-corrected chi connectivity index (χ4v) is 6.84. The van der Waals surface area contributed by atoms with E-state index in [0.29, 0.717) is 18.0 Å². The molecule has 0 bridgehead atoms. The molecule has 0 spiro atoms. The van der Waals surface area contributed by atoms with Crippen molar-refractivity contribution in [2.45, 2.75) is 78.1 Å². The van der Waals surface area contributed by atoms with E-state index in [-0.39, 0.29) is 12.2 Å². The minimum atomic E-state index is -4.51. The summed E-state index contributed by atoms with van der Waals surface area (Å²) in [6, 6.07) is 8.37. The Morgan fingerprint density at radius 2 is 1.74 bits per heavy atom. The van der Waals surface area contributed by atoms with Crippen LogP contribution in [-0.2, 0) is 32.1 Å². The number of aryl methyl sites for hydroxylation is 3. The standard InChI is InChI=1S/C31H35F3N4S/c1-4-37(18-22-8-5-6-9-22)29-15-25-11-7-10-24(25)14-26(29)20-38(30-36-17-21(2)39-30)19-23-12-27(31(32,33)34)16-28(13-23)35-3/h12-17,22H,4-11,18-20H2,1-2H3. The van der Waals surface area contributed by atoms with Gasteiger partial charge < -0.3 is 9.80 Å². The van der Waals surface area contributed by atoms with Crippen molar-refractivity contribution >= 4 is 27.8 Å². The van der Waals surface area contributed by atoms with Crippen LogP contribution in [0, 0.1) is 19.4 Å². The molecule has 3 aromatic rings. The maximum Gasteiger partial charge on any atom is 0.415 e. The first-order valence-corrected chi connectivity index (χ1v) is 14.7. The van der Waals surface area contributed by atoms with E-state index in [2.05, 4.69) is 38.7 Å². The largest absolute Gasteiger partial charge is 0.415 e. The van der Waals surface area contributed by atoms with Gasteiger partial charge in [0.25, 0.3) is 0 Å². The number of thiazole rings is 1. The van der Waals surface area contributed by atoms with Crippen LogP contribution in [-0.4, -0.2) is 18.1 Å². The van der Waals surface area contributed by atoms with E-state index in [4.69, 9.17) is 6.57 Å². The molecule has 4 nitrogen and oxygen atoms in total. The Hall–Kier alpha value is -3.05. The molecule has 206 valence electrons. The van der Waals surface area contributed by atoms with E-state index < -0.39 is 11.7 Å². The maximum absolute atomic E-state index is 13.6. The van der Waals surface area contributed by atoms with Crippen molar-refractivity contribution < 1.29 is 13.2 Å². The van der Waals surface area contributed by atoms with Gasteiger partial charge in [0.1, 0.15) is 0 Å². The molecular formula is C31H35F3N4S. The topological polar surface area (TPSA) is 23.7 Å². The SMILES string of the molecule is [C-]#[N+]c1cc(CN(Cc2cc3c(cc2N(CC)CC2CCCC2)CCC3)c2ncc(C)s2)cc(C(F)(F)F)c1. The van der Waals surface area contributed by atoms with Crippen molar-refractivity contribution in [3.8, 4) is 0 Å². The van der Waals surface area contributed by atoms with Crippen molar-refractivity contribution in [1.29, 1.82) is 0 Å². The van der Waals surface area contributed by atoms with Gasteiger partial charge in [-0.15, -0.1) is 11.3 Å². The number of anilines is 2. The van der Waals surface area contributed by atoms with Gasteiger partial charge in [-0.1, -0.05) is 25.0 Å². The molecule has 0 saturated heterocycles. The highest BCUT2D eigenvalue weighted by atomic mass is 32.1. The Balaban J connectivity index is 1.52. The van der Waals surface area contributed by atoms with Crippen LogP contribution in [0.1, 0.15) is 71.7 Å². The fourth-order valence-electron chi connectivity index (χ4n) is 6.09. The second-order valence-corrected chi connectivity index (χ2v) is 12.1. The number of halogens is 3. The zero-order chi connectivity index (χ0) is 27.6. The van der Waals surface area contributed by atoms with E-state index in [1.54, 1.807) is 17.4 Å². The first kappa shape index (κ1) is 27.5. The summed E-state index contributed by atoms with van der Waals surface area (Å²) in [6.45, 7) is 14.3. The van der Waals surface area contributed by atoms with Gasteiger partial charge >= 0.3 is 6.18 Å². The summed E-state index contributed by atoms with van der Waals surface area (Å²) in [7, 11) is 0. The van der Waals surface area contributed by atoms with Crippen molar-refractivity contribution in [2.75, 3.05) is 22.9 Å². The van der Waals surface area contributed by atoms with Crippen molar-refractivity contribution in [2.24, 2.45) is 5.92 Å². The molecule has 1 saturated carbocycles. The van der Waals surface area contributed by atoms with Gasteiger partial charge in [-0.25, -0.2) is 9.83 Å². The Kier molecular flexibility index (Phi) is 8.18. The summed E-state index contributed by atoms with van der Waals surface area (Å²) >= 11 is 1.54. The van der Waals surface area contributed by atoms with Crippen molar-refractivity contribution in [1.82, 2.24) is 4.98 Å². The molecule has 2 aliphatic rings. The number of nitrogens with zero attached hydrogens (tertiary/aromatic N) is 4. The third-order valence-electron chi connectivity index (χ3n) is 8.02. The van der Waals surface area contributed by atoms with E-state index in [0.717, 1.165) is 48.4 Å². The van der Waals surface area contributed by atoms with Crippen LogP contribution in [0.15, 0.2) is 36.5 Å². The van der Waals surface area contributed by atoms with Crippen LogP contribution in [0.3, 0.4) is 0 Å². The molecule has 39 heavy (non-hydrogen) atoms. The van der Waals surface area contributed by atoms with E-state index in [9.17, 15) is 13.2 Å². The molecular weight excluding hydrogens is 517 g/mol. The lowest BCUT2D eigenvalue weighted by molar-refractivity contribution is -0.137. The van der Waals surface area contributed by atoms with Crippen molar-refractivity contribution in [3.05, 3.63) is 80.6 Å². The minimum Gasteiger partial charge on any atom is -0.371 e. The van der Waals surface area contributed by atoms with Crippen molar-refractivity contribution in [3.63, 3.8) is 0 Å². The Bertz CT molecular complexity index is 1350. The molecule has 0 aliphatic heterocycles. The van der Waals surface area contributed by atoms with Gasteiger partial charge in [-0.2, -0.15) is 13.2 Å². The smallest absolute Gasteiger partial charge is 0.371 e. The molecule has 1 aromatic heterocycles. The first-order valence-electron chi connectivity index (χ1n) is 13.9. The zero-order valence-electron chi connectivity index (χ0n) is 22.7. The summed E-state index contributed by atoms with van der Waals surface area (Å²) in [6.07, 6.45) is 5.80. The van der Waals surface area contributed by atoms with Crippen LogP contribution < -0.4 is 9.80 Å². The Morgan fingerprint density at radius 1 is 1.00 bits per heavy atom. The van der Waals surface area contributed by atoms with E-state index in [1.165, 1.54) is 54.1 Å². The molecule has 1 fully saturated rings. The average molecular weight is 553 g/mol. The third-order valence-corrected chi connectivity index (χ3v) is 8.99. The lowest BCUT2D eigenvalue weighted by Gasteiger charge is -2.31. The molecule has 0 amide bonds. The lowest BCUT2D eigenvalue weighted by atomic mass is 10.0. The number of hydrogen-bond acceptors (Lipinski definition) is 4. The van der Waals surface area contributed by atoms with E-state index >= 15 is 0 Å². The Morgan fingerprint density at radius 3 is 2.38 bits per heavy atom. The number of benzene rings is 2. The molecule has 0 unspecified atom stereocenters.